The van der Waals surface area contributed by atoms with Gasteiger partial charge in [-0.15, -0.1) is 0 Å². The molecule has 0 spiro atoms. The van der Waals surface area contributed by atoms with Crippen LogP contribution in [0.25, 0.3) is 0 Å². The molecule has 3 rings (SSSR count). The van der Waals surface area contributed by atoms with Crippen LogP contribution in [0.5, 0.6) is 5.75 Å². The fraction of sp³-hybridized carbons (Fsp3) is 0.355. The maximum absolute atomic E-state index is 14.0. The van der Waals surface area contributed by atoms with Crippen molar-refractivity contribution in [2.45, 2.75) is 58.0 Å². The third kappa shape index (κ3) is 7.85. The maximum Gasteiger partial charge on any atom is 0.264 e. The number of amides is 2. The van der Waals surface area contributed by atoms with Crippen molar-refractivity contribution in [1.29, 1.82) is 0 Å². The molecule has 214 valence electrons. The molecule has 3 aromatic rings. The number of aryl methyl sites for hydroxylation is 1. The second-order valence-corrected chi connectivity index (χ2v) is 11.4. The summed E-state index contributed by atoms with van der Waals surface area (Å²) >= 11 is 0. The van der Waals surface area contributed by atoms with Gasteiger partial charge in [0.05, 0.1) is 17.2 Å². The summed E-state index contributed by atoms with van der Waals surface area (Å²) in [6, 6.07) is 21.4. The number of anilines is 1. The molecular formula is C31H39N3O5S. The van der Waals surface area contributed by atoms with E-state index < -0.39 is 28.5 Å². The molecule has 2 amide bonds. The summed E-state index contributed by atoms with van der Waals surface area (Å²) in [6.07, 6.45) is 1.75. The van der Waals surface area contributed by atoms with Crippen LogP contribution in [-0.2, 0) is 26.2 Å². The monoisotopic (exact) mass is 565 g/mol. The average molecular weight is 566 g/mol. The van der Waals surface area contributed by atoms with E-state index in [1.807, 2.05) is 45.0 Å². The van der Waals surface area contributed by atoms with Gasteiger partial charge in [0.15, 0.2) is 0 Å². The van der Waals surface area contributed by atoms with Crippen molar-refractivity contribution in [3.63, 3.8) is 0 Å². The minimum Gasteiger partial charge on any atom is -0.494 e. The van der Waals surface area contributed by atoms with Gasteiger partial charge >= 0.3 is 0 Å². The minimum atomic E-state index is -4.11. The van der Waals surface area contributed by atoms with Crippen LogP contribution in [0.4, 0.5) is 5.69 Å². The van der Waals surface area contributed by atoms with Gasteiger partial charge in [-0.05, 0) is 74.7 Å². The highest BCUT2D eigenvalue weighted by molar-refractivity contribution is 7.92. The lowest BCUT2D eigenvalue weighted by molar-refractivity contribution is -0.139. The highest BCUT2D eigenvalue weighted by atomic mass is 32.2. The number of carbonyl (C=O) groups is 2. The van der Waals surface area contributed by atoms with Gasteiger partial charge in [0.25, 0.3) is 10.0 Å². The number of rotatable bonds is 14. The van der Waals surface area contributed by atoms with Crippen molar-refractivity contribution in [1.82, 2.24) is 10.2 Å². The highest BCUT2D eigenvalue weighted by Gasteiger charge is 2.32. The summed E-state index contributed by atoms with van der Waals surface area (Å²) in [5, 5.41) is 2.90. The highest BCUT2D eigenvalue weighted by Crippen LogP contribution is 2.26. The van der Waals surface area contributed by atoms with E-state index in [9.17, 15) is 18.0 Å². The molecule has 0 saturated carbocycles. The molecule has 9 heteroatoms. The van der Waals surface area contributed by atoms with Crippen LogP contribution < -0.4 is 14.4 Å². The summed E-state index contributed by atoms with van der Waals surface area (Å²) in [5.41, 5.74) is 2.17. The van der Waals surface area contributed by atoms with E-state index in [4.69, 9.17) is 4.74 Å². The Hall–Kier alpha value is -3.85. The number of sulfonamides is 1. The van der Waals surface area contributed by atoms with Crippen LogP contribution in [0, 0.1) is 6.92 Å². The number of nitrogens with zero attached hydrogens (tertiary/aromatic N) is 2. The Labute approximate surface area is 238 Å². The van der Waals surface area contributed by atoms with E-state index in [1.54, 1.807) is 49.4 Å². The Morgan fingerprint density at radius 3 is 2.20 bits per heavy atom. The Morgan fingerprint density at radius 1 is 0.925 bits per heavy atom. The molecule has 0 aromatic heterocycles. The molecule has 0 radical (unpaired) electrons. The molecule has 40 heavy (non-hydrogen) atoms. The average Bonchev–Trinajstić information content (AvgIpc) is 2.96. The molecule has 0 bridgehead atoms. The van der Waals surface area contributed by atoms with Crippen molar-refractivity contribution >= 4 is 27.5 Å². The van der Waals surface area contributed by atoms with Gasteiger partial charge in [-0.1, -0.05) is 55.8 Å². The molecule has 0 aliphatic rings. The van der Waals surface area contributed by atoms with Crippen LogP contribution in [0.1, 0.15) is 44.7 Å². The van der Waals surface area contributed by atoms with Gasteiger partial charge in [0.2, 0.25) is 11.8 Å². The number of unbranched alkanes of at least 4 members (excludes halogenated alkanes) is 1. The largest absolute Gasteiger partial charge is 0.494 e. The standard InChI is InChI=1S/C31H39N3O5S/c1-5-7-21-32-31(36)25(4)33(22-26-14-12-11-13-24(26)3)30(35)23-34(27-17-19-28(20-18-27)39-6-2)40(37,38)29-15-9-8-10-16-29/h8-20,25H,5-7,21-23H2,1-4H3,(H,32,36)/t25-/m1/s1. The molecule has 8 nitrogen and oxygen atoms in total. The summed E-state index contributed by atoms with van der Waals surface area (Å²) in [7, 11) is -4.11. The molecular weight excluding hydrogens is 526 g/mol. The van der Waals surface area contributed by atoms with Gasteiger partial charge < -0.3 is 15.0 Å². The van der Waals surface area contributed by atoms with Crippen LogP contribution in [0.15, 0.2) is 83.8 Å². The van der Waals surface area contributed by atoms with Crippen LogP contribution in [-0.4, -0.2) is 50.9 Å². The summed E-state index contributed by atoms with van der Waals surface area (Å²) in [6.45, 7) is 8.16. The third-order valence-corrected chi connectivity index (χ3v) is 8.43. The lowest BCUT2D eigenvalue weighted by Crippen LogP contribution is -2.51. The van der Waals surface area contributed by atoms with Crippen molar-refractivity contribution in [3.05, 3.63) is 90.0 Å². The second-order valence-electron chi connectivity index (χ2n) is 9.52. The summed E-state index contributed by atoms with van der Waals surface area (Å²) in [4.78, 5) is 28.6. The topological polar surface area (TPSA) is 96.0 Å². The van der Waals surface area contributed by atoms with E-state index >= 15 is 0 Å². The van der Waals surface area contributed by atoms with E-state index in [0.29, 0.717) is 24.6 Å². The molecule has 0 fully saturated rings. The van der Waals surface area contributed by atoms with Crippen molar-refractivity contribution in [2.24, 2.45) is 0 Å². The molecule has 0 saturated heterocycles. The van der Waals surface area contributed by atoms with Crippen molar-refractivity contribution in [2.75, 3.05) is 24.0 Å². The van der Waals surface area contributed by atoms with Crippen LogP contribution >= 0.6 is 0 Å². The van der Waals surface area contributed by atoms with Gasteiger partial charge in [-0.25, -0.2) is 8.42 Å². The number of ether oxygens (including phenoxy) is 1. The SMILES string of the molecule is CCCCNC(=O)[C@@H](C)N(Cc1ccccc1C)C(=O)CN(c1ccc(OCC)cc1)S(=O)(=O)c1ccccc1. The van der Waals surface area contributed by atoms with Gasteiger partial charge in [-0.3, -0.25) is 13.9 Å². The number of hydrogen-bond donors (Lipinski definition) is 1. The smallest absolute Gasteiger partial charge is 0.264 e. The van der Waals surface area contributed by atoms with E-state index in [2.05, 4.69) is 5.32 Å². The predicted molar refractivity (Wildman–Crippen MR) is 158 cm³/mol. The molecule has 1 N–H and O–H groups in total. The molecule has 3 aromatic carbocycles. The molecule has 0 aliphatic heterocycles. The quantitative estimate of drug-likeness (QED) is 0.280. The van der Waals surface area contributed by atoms with Gasteiger partial charge in [0.1, 0.15) is 18.3 Å². The lowest BCUT2D eigenvalue weighted by Gasteiger charge is -2.32. The maximum atomic E-state index is 14.0. The lowest BCUT2D eigenvalue weighted by atomic mass is 10.1. The zero-order chi connectivity index (χ0) is 29.1. The minimum absolute atomic E-state index is 0.0625. The zero-order valence-corrected chi connectivity index (χ0v) is 24.5. The van der Waals surface area contributed by atoms with E-state index in [-0.39, 0.29) is 17.3 Å². The first-order valence-electron chi connectivity index (χ1n) is 13.6. The number of carbonyl (C=O) groups excluding carboxylic acids is 2. The molecule has 0 unspecified atom stereocenters. The molecule has 1 atom stereocenters. The fourth-order valence-corrected chi connectivity index (χ4v) is 5.65. The predicted octanol–water partition coefficient (Wildman–Crippen LogP) is 4.92. The second kappa shape index (κ2) is 14.5. The first-order chi connectivity index (χ1) is 19.2. The van der Waals surface area contributed by atoms with Crippen molar-refractivity contribution in [3.8, 4) is 5.75 Å². The van der Waals surface area contributed by atoms with E-state index in [0.717, 1.165) is 28.3 Å². The number of hydrogen-bond acceptors (Lipinski definition) is 5. The zero-order valence-electron chi connectivity index (χ0n) is 23.7. The molecule has 0 aliphatic carbocycles. The van der Waals surface area contributed by atoms with Crippen molar-refractivity contribution < 1.29 is 22.7 Å². The number of benzene rings is 3. The van der Waals surface area contributed by atoms with Crippen LogP contribution in [0.2, 0.25) is 0 Å². The Morgan fingerprint density at radius 2 is 1.57 bits per heavy atom. The summed E-state index contributed by atoms with van der Waals surface area (Å²) in [5.74, 6) is -0.183. The van der Waals surface area contributed by atoms with Gasteiger partial charge in [0, 0.05) is 13.1 Å². The van der Waals surface area contributed by atoms with E-state index in [1.165, 1.54) is 17.0 Å². The Bertz CT molecular complexity index is 1360. The molecule has 0 heterocycles. The third-order valence-electron chi connectivity index (χ3n) is 6.64. The van der Waals surface area contributed by atoms with Gasteiger partial charge in [-0.2, -0.15) is 0 Å². The first-order valence-corrected chi connectivity index (χ1v) is 15.0. The summed E-state index contributed by atoms with van der Waals surface area (Å²) < 4.78 is 34.3. The first kappa shape index (κ1) is 30.7. The Kier molecular flexibility index (Phi) is 11.1. The normalized spacial score (nSPS) is 11.9. The number of nitrogens with one attached hydrogen (secondary N) is 1. The van der Waals surface area contributed by atoms with Crippen LogP contribution in [0.3, 0.4) is 0 Å². The Balaban J connectivity index is 2.00. The fourth-order valence-electron chi connectivity index (χ4n) is 4.21.